The van der Waals surface area contributed by atoms with E-state index in [0.29, 0.717) is 37.8 Å². The van der Waals surface area contributed by atoms with Crippen LogP contribution in [0.5, 0.6) is 0 Å². The van der Waals surface area contributed by atoms with Gasteiger partial charge in [-0.25, -0.2) is 14.8 Å². The molecule has 0 radical (unpaired) electrons. The van der Waals surface area contributed by atoms with Crippen molar-refractivity contribution in [2.24, 2.45) is 0 Å². The van der Waals surface area contributed by atoms with E-state index in [-0.39, 0.29) is 6.09 Å². The lowest BCUT2D eigenvalue weighted by atomic mass is 9.95. The third-order valence-electron chi connectivity index (χ3n) is 6.24. The minimum Gasteiger partial charge on any atom is -0.444 e. The molecule has 0 aromatic carbocycles. The summed E-state index contributed by atoms with van der Waals surface area (Å²) in [5, 5.41) is 3.56. The first kappa shape index (κ1) is 24.0. The number of aromatic nitrogens is 2. The Morgan fingerprint density at radius 2 is 1.82 bits per heavy atom. The molecule has 1 aliphatic heterocycles. The number of ether oxygens (including phenoxy) is 1. The average molecular weight is 466 g/mol. The van der Waals surface area contributed by atoms with Crippen molar-refractivity contribution in [3.63, 3.8) is 0 Å². The Bertz CT molecular complexity index is 1010. The van der Waals surface area contributed by atoms with E-state index in [9.17, 15) is 9.59 Å². The number of amides is 1. The van der Waals surface area contributed by atoms with Gasteiger partial charge in [0.25, 0.3) is 0 Å². The minimum absolute atomic E-state index is 0.294. The van der Waals surface area contributed by atoms with Crippen LogP contribution in [0.1, 0.15) is 63.2 Å². The van der Waals surface area contributed by atoms with Crippen LogP contribution in [-0.2, 0) is 4.74 Å². The fourth-order valence-electron chi connectivity index (χ4n) is 4.48. The van der Waals surface area contributed by atoms with Crippen molar-refractivity contribution >= 4 is 24.0 Å². The van der Waals surface area contributed by atoms with Gasteiger partial charge >= 0.3 is 6.09 Å². The van der Waals surface area contributed by atoms with Crippen LogP contribution in [0.3, 0.4) is 0 Å². The maximum atomic E-state index is 12.4. The summed E-state index contributed by atoms with van der Waals surface area (Å²) in [6.07, 6.45) is 8.51. The summed E-state index contributed by atoms with van der Waals surface area (Å²) in [7, 11) is 0. The Hall–Kier alpha value is -3.16. The largest absolute Gasteiger partial charge is 0.444 e. The topological polar surface area (TPSA) is 87.7 Å². The molecule has 1 amide bonds. The number of aldehydes is 1. The van der Waals surface area contributed by atoms with Crippen LogP contribution in [0.2, 0.25) is 0 Å². The molecule has 1 saturated heterocycles. The van der Waals surface area contributed by atoms with Gasteiger partial charge in [-0.05, 0) is 57.9 Å². The molecule has 4 rings (SSSR count). The zero-order valence-electron chi connectivity index (χ0n) is 20.4. The Morgan fingerprint density at radius 3 is 2.50 bits per heavy atom. The van der Waals surface area contributed by atoms with Crippen LogP contribution in [0.4, 0.5) is 16.4 Å². The van der Waals surface area contributed by atoms with Crippen LogP contribution < -0.4 is 10.2 Å². The standard InChI is InChI=1S/C26H35N5O3/c1-26(2,3)34-25(33)31-13-11-30(12-14-31)24-16-19(18-32)15-22(29-24)20-9-10-27-23(17-20)28-21-7-5-4-6-8-21/h9-10,15-18,21H,4-8,11-14H2,1-3H3,(H,27,28). The lowest BCUT2D eigenvalue weighted by Crippen LogP contribution is -2.50. The molecule has 1 saturated carbocycles. The molecule has 8 heteroatoms. The lowest BCUT2D eigenvalue weighted by molar-refractivity contribution is 0.0240. The fraction of sp³-hybridized carbons (Fsp3) is 0.538. The number of pyridine rings is 2. The van der Waals surface area contributed by atoms with Crippen LogP contribution in [-0.4, -0.2) is 65.1 Å². The van der Waals surface area contributed by atoms with Crippen molar-refractivity contribution in [1.29, 1.82) is 0 Å². The van der Waals surface area contributed by atoms with Gasteiger partial charge < -0.3 is 19.9 Å². The molecule has 34 heavy (non-hydrogen) atoms. The smallest absolute Gasteiger partial charge is 0.410 e. The predicted octanol–water partition coefficient (Wildman–Crippen LogP) is 4.76. The molecule has 0 spiro atoms. The highest BCUT2D eigenvalue weighted by molar-refractivity contribution is 5.80. The van der Waals surface area contributed by atoms with Crippen molar-refractivity contribution in [3.8, 4) is 11.3 Å². The number of nitrogens with one attached hydrogen (secondary N) is 1. The number of carbonyl (C=O) groups excluding carboxylic acids is 2. The number of hydrogen-bond acceptors (Lipinski definition) is 7. The van der Waals surface area contributed by atoms with Crippen molar-refractivity contribution in [2.75, 3.05) is 36.4 Å². The predicted molar refractivity (Wildman–Crippen MR) is 133 cm³/mol. The zero-order valence-corrected chi connectivity index (χ0v) is 20.4. The summed E-state index contributed by atoms with van der Waals surface area (Å²) in [5.41, 5.74) is 1.72. The Kier molecular flexibility index (Phi) is 7.34. The number of piperazine rings is 1. The van der Waals surface area contributed by atoms with E-state index in [2.05, 4.69) is 15.2 Å². The highest BCUT2D eigenvalue weighted by Gasteiger charge is 2.26. The van der Waals surface area contributed by atoms with Gasteiger partial charge in [0.2, 0.25) is 0 Å². The normalized spacial score (nSPS) is 17.4. The maximum absolute atomic E-state index is 12.4. The second kappa shape index (κ2) is 10.4. The Morgan fingerprint density at radius 1 is 1.09 bits per heavy atom. The second-order valence-electron chi connectivity index (χ2n) is 10.1. The molecule has 0 unspecified atom stereocenters. The summed E-state index contributed by atoms with van der Waals surface area (Å²) < 4.78 is 5.49. The van der Waals surface area contributed by atoms with Gasteiger partial charge in [-0.1, -0.05) is 19.3 Å². The average Bonchev–Trinajstić information content (AvgIpc) is 2.83. The third kappa shape index (κ3) is 6.24. The molecule has 8 nitrogen and oxygen atoms in total. The van der Waals surface area contributed by atoms with E-state index in [1.807, 2.05) is 45.0 Å². The van der Waals surface area contributed by atoms with Crippen molar-refractivity contribution < 1.29 is 14.3 Å². The Balaban J connectivity index is 1.48. The van der Waals surface area contributed by atoms with Crippen LogP contribution >= 0.6 is 0 Å². The van der Waals surface area contributed by atoms with E-state index in [0.717, 1.165) is 29.2 Å². The van der Waals surface area contributed by atoms with E-state index in [1.54, 1.807) is 11.1 Å². The van der Waals surface area contributed by atoms with Gasteiger partial charge in [-0.15, -0.1) is 0 Å². The summed E-state index contributed by atoms with van der Waals surface area (Å²) in [4.78, 5) is 37.3. The van der Waals surface area contributed by atoms with Crippen molar-refractivity contribution in [3.05, 3.63) is 36.0 Å². The first-order chi connectivity index (χ1) is 16.3. The van der Waals surface area contributed by atoms with Crippen LogP contribution in [0.15, 0.2) is 30.5 Å². The second-order valence-corrected chi connectivity index (χ2v) is 10.1. The molecule has 2 fully saturated rings. The van der Waals surface area contributed by atoms with Gasteiger partial charge in [-0.2, -0.15) is 0 Å². The number of carbonyl (C=O) groups is 2. The fourth-order valence-corrected chi connectivity index (χ4v) is 4.48. The first-order valence-corrected chi connectivity index (χ1v) is 12.2. The third-order valence-corrected chi connectivity index (χ3v) is 6.24. The van der Waals surface area contributed by atoms with E-state index in [1.165, 1.54) is 32.1 Å². The molecule has 2 aliphatic rings. The van der Waals surface area contributed by atoms with Crippen LogP contribution in [0, 0.1) is 0 Å². The molecule has 3 heterocycles. The minimum atomic E-state index is -0.516. The molecular formula is C26H35N5O3. The molecule has 0 atom stereocenters. The van der Waals surface area contributed by atoms with Gasteiger partial charge in [0, 0.05) is 49.5 Å². The quantitative estimate of drug-likeness (QED) is 0.637. The molecule has 1 N–H and O–H groups in total. The first-order valence-electron chi connectivity index (χ1n) is 12.2. The molecule has 182 valence electrons. The summed E-state index contributed by atoms with van der Waals surface area (Å²) >= 11 is 0. The Labute approximate surface area is 201 Å². The van der Waals surface area contributed by atoms with Gasteiger partial charge in [0.05, 0.1) is 5.69 Å². The van der Waals surface area contributed by atoms with Gasteiger partial charge in [-0.3, -0.25) is 4.79 Å². The van der Waals surface area contributed by atoms with E-state index >= 15 is 0 Å². The molecule has 0 bridgehead atoms. The number of hydrogen-bond donors (Lipinski definition) is 1. The van der Waals surface area contributed by atoms with Gasteiger partial charge in [0.1, 0.15) is 23.5 Å². The zero-order chi connectivity index (χ0) is 24.1. The highest BCUT2D eigenvalue weighted by atomic mass is 16.6. The van der Waals surface area contributed by atoms with Crippen LogP contribution in [0.25, 0.3) is 11.3 Å². The monoisotopic (exact) mass is 465 g/mol. The SMILES string of the molecule is CC(C)(C)OC(=O)N1CCN(c2cc(C=O)cc(-c3ccnc(NC4CCCCC4)c3)n2)CC1. The van der Waals surface area contributed by atoms with E-state index in [4.69, 9.17) is 9.72 Å². The maximum Gasteiger partial charge on any atom is 0.410 e. The van der Waals surface area contributed by atoms with E-state index < -0.39 is 5.60 Å². The molecule has 2 aromatic rings. The number of nitrogens with zero attached hydrogens (tertiary/aromatic N) is 4. The number of anilines is 2. The van der Waals surface area contributed by atoms with Crippen molar-refractivity contribution in [2.45, 2.75) is 64.5 Å². The molecule has 2 aromatic heterocycles. The van der Waals surface area contributed by atoms with Gasteiger partial charge in [0.15, 0.2) is 0 Å². The lowest BCUT2D eigenvalue weighted by Gasteiger charge is -2.36. The molecular weight excluding hydrogens is 430 g/mol. The summed E-state index contributed by atoms with van der Waals surface area (Å²) in [5.74, 6) is 1.58. The highest BCUT2D eigenvalue weighted by Crippen LogP contribution is 2.27. The summed E-state index contributed by atoms with van der Waals surface area (Å²) in [6, 6.07) is 8.01. The summed E-state index contributed by atoms with van der Waals surface area (Å²) in [6.45, 7) is 7.94. The molecule has 1 aliphatic carbocycles. The van der Waals surface area contributed by atoms with Crippen molar-refractivity contribution in [1.82, 2.24) is 14.9 Å². The number of rotatable bonds is 5.